The Morgan fingerprint density at radius 1 is 1.00 bits per heavy atom. The first kappa shape index (κ1) is 19.2. The van der Waals surface area contributed by atoms with Crippen LogP contribution in [-0.2, 0) is 16.1 Å². The van der Waals surface area contributed by atoms with Crippen molar-refractivity contribution in [2.75, 3.05) is 13.1 Å². The molecule has 2 aromatic carbocycles. The van der Waals surface area contributed by atoms with E-state index in [2.05, 4.69) is 10.6 Å². The predicted octanol–water partition coefficient (Wildman–Crippen LogP) is 1.97. The van der Waals surface area contributed by atoms with E-state index in [0.29, 0.717) is 31.5 Å². The molecule has 1 aliphatic carbocycles. The molecule has 1 heterocycles. The number of hydrogen-bond donors (Lipinski definition) is 2. The largest absolute Gasteiger partial charge is 0.352 e. The maximum atomic E-state index is 12.8. The molecule has 150 valence electrons. The lowest BCUT2D eigenvalue weighted by molar-refractivity contribution is -0.125. The van der Waals surface area contributed by atoms with Crippen LogP contribution in [0.1, 0.15) is 28.8 Å². The van der Waals surface area contributed by atoms with E-state index in [1.165, 1.54) is 0 Å². The second-order valence-electron chi connectivity index (χ2n) is 7.86. The van der Waals surface area contributed by atoms with Gasteiger partial charge in [0.15, 0.2) is 0 Å². The molecule has 29 heavy (non-hydrogen) atoms. The van der Waals surface area contributed by atoms with Gasteiger partial charge in [0, 0.05) is 30.6 Å². The molecule has 2 N–H and O–H groups in total. The van der Waals surface area contributed by atoms with Crippen LogP contribution < -0.4 is 10.6 Å². The van der Waals surface area contributed by atoms with Gasteiger partial charge in [-0.3, -0.25) is 14.4 Å². The molecule has 2 aromatic rings. The number of fused-ring (bicyclic) bond motifs is 1. The molecule has 6 heteroatoms. The van der Waals surface area contributed by atoms with Gasteiger partial charge in [0.05, 0.1) is 6.54 Å². The van der Waals surface area contributed by atoms with Crippen molar-refractivity contribution in [2.24, 2.45) is 11.8 Å². The molecule has 0 spiro atoms. The summed E-state index contributed by atoms with van der Waals surface area (Å²) < 4.78 is 0. The van der Waals surface area contributed by atoms with Crippen molar-refractivity contribution in [1.82, 2.24) is 15.5 Å². The number of amides is 3. The van der Waals surface area contributed by atoms with E-state index < -0.39 is 0 Å². The second-order valence-corrected chi connectivity index (χ2v) is 7.86. The fourth-order valence-electron chi connectivity index (χ4n) is 4.34. The highest BCUT2D eigenvalue weighted by molar-refractivity contribution is 5.96. The number of rotatable bonds is 4. The third-order valence-corrected chi connectivity index (χ3v) is 5.82. The standard InChI is InChI=1S/C23H25N3O3/c27-21-15-26(23(29)17-9-5-2-6-10-17)14-19-11-18(12-20(19)25-21)22(28)24-13-16-7-3-1-4-8-16/h1-10,18-20H,11-15H2,(H,24,28)(H,25,27)/t18-,19+,20+/m0/s1. The molecule has 1 aliphatic heterocycles. The van der Waals surface area contributed by atoms with E-state index in [1.807, 2.05) is 48.5 Å². The minimum atomic E-state index is -0.160. The maximum Gasteiger partial charge on any atom is 0.254 e. The van der Waals surface area contributed by atoms with Crippen LogP contribution in [0.15, 0.2) is 60.7 Å². The zero-order chi connectivity index (χ0) is 20.2. The molecule has 3 atom stereocenters. The summed E-state index contributed by atoms with van der Waals surface area (Å²) in [6.45, 7) is 1.04. The van der Waals surface area contributed by atoms with Crippen molar-refractivity contribution < 1.29 is 14.4 Å². The highest BCUT2D eigenvalue weighted by Crippen LogP contribution is 2.33. The average molecular weight is 391 g/mol. The topological polar surface area (TPSA) is 78.5 Å². The highest BCUT2D eigenvalue weighted by atomic mass is 16.2. The molecule has 2 aliphatic rings. The summed E-state index contributed by atoms with van der Waals surface area (Å²) in [7, 11) is 0. The number of benzene rings is 2. The Hall–Kier alpha value is -3.15. The molecule has 4 rings (SSSR count). The molecule has 1 saturated carbocycles. The van der Waals surface area contributed by atoms with Crippen molar-refractivity contribution >= 4 is 17.7 Å². The fraction of sp³-hybridized carbons (Fsp3) is 0.348. The summed E-state index contributed by atoms with van der Waals surface area (Å²) in [6.07, 6.45) is 1.29. The molecule has 0 bridgehead atoms. The Morgan fingerprint density at radius 3 is 2.41 bits per heavy atom. The minimum Gasteiger partial charge on any atom is -0.352 e. The zero-order valence-electron chi connectivity index (χ0n) is 16.2. The molecular weight excluding hydrogens is 366 g/mol. The normalized spacial score (nSPS) is 23.7. The third kappa shape index (κ3) is 4.47. The fourth-order valence-corrected chi connectivity index (χ4v) is 4.34. The number of carbonyl (C=O) groups excluding carboxylic acids is 3. The van der Waals surface area contributed by atoms with Crippen LogP contribution in [0.25, 0.3) is 0 Å². The Labute approximate surface area is 170 Å². The van der Waals surface area contributed by atoms with Crippen LogP contribution in [0.5, 0.6) is 0 Å². The molecule has 0 aromatic heterocycles. The van der Waals surface area contributed by atoms with E-state index in [4.69, 9.17) is 0 Å². The lowest BCUT2D eigenvalue weighted by atomic mass is 10.0. The Morgan fingerprint density at radius 2 is 1.69 bits per heavy atom. The molecular formula is C23H25N3O3. The smallest absolute Gasteiger partial charge is 0.254 e. The molecule has 3 amide bonds. The summed E-state index contributed by atoms with van der Waals surface area (Å²) in [6, 6.07) is 18.7. The summed E-state index contributed by atoms with van der Waals surface area (Å²) in [5, 5.41) is 6.03. The van der Waals surface area contributed by atoms with Crippen molar-refractivity contribution in [1.29, 1.82) is 0 Å². The number of nitrogens with zero attached hydrogens (tertiary/aromatic N) is 1. The summed E-state index contributed by atoms with van der Waals surface area (Å²) >= 11 is 0. The van der Waals surface area contributed by atoms with Crippen molar-refractivity contribution in [2.45, 2.75) is 25.4 Å². The van der Waals surface area contributed by atoms with Gasteiger partial charge in [0.2, 0.25) is 11.8 Å². The van der Waals surface area contributed by atoms with Crippen molar-refractivity contribution in [3.8, 4) is 0 Å². The first-order chi connectivity index (χ1) is 14.1. The molecule has 0 unspecified atom stereocenters. The SMILES string of the molecule is O=C1CN(C(=O)c2ccccc2)C[C@H]2C[C@H](C(=O)NCc3ccccc3)C[C@H]2N1. The molecule has 0 radical (unpaired) electrons. The van der Waals surface area contributed by atoms with E-state index in [0.717, 1.165) is 5.56 Å². The first-order valence-corrected chi connectivity index (χ1v) is 10.1. The average Bonchev–Trinajstić information content (AvgIpc) is 3.07. The van der Waals surface area contributed by atoms with Crippen molar-refractivity contribution in [3.05, 3.63) is 71.8 Å². The van der Waals surface area contributed by atoms with Gasteiger partial charge in [-0.2, -0.15) is 0 Å². The highest BCUT2D eigenvalue weighted by Gasteiger charge is 2.42. The minimum absolute atomic E-state index is 0.0112. The van der Waals surface area contributed by atoms with Crippen molar-refractivity contribution in [3.63, 3.8) is 0 Å². The first-order valence-electron chi connectivity index (χ1n) is 10.1. The van der Waals surface area contributed by atoms with E-state index in [1.54, 1.807) is 17.0 Å². The number of nitrogens with one attached hydrogen (secondary N) is 2. The summed E-state index contributed by atoms with van der Waals surface area (Å²) in [4.78, 5) is 39.5. The quantitative estimate of drug-likeness (QED) is 0.836. The van der Waals surface area contributed by atoms with Gasteiger partial charge in [-0.1, -0.05) is 48.5 Å². The third-order valence-electron chi connectivity index (χ3n) is 5.82. The monoisotopic (exact) mass is 391 g/mol. The second kappa shape index (κ2) is 8.47. The zero-order valence-corrected chi connectivity index (χ0v) is 16.2. The molecule has 6 nitrogen and oxygen atoms in total. The Bertz CT molecular complexity index is 885. The van der Waals surface area contributed by atoms with E-state index in [-0.39, 0.29) is 42.1 Å². The van der Waals surface area contributed by atoms with Gasteiger partial charge in [-0.05, 0) is 36.5 Å². The van der Waals surface area contributed by atoms with Crippen LogP contribution in [0.2, 0.25) is 0 Å². The summed E-state index contributed by atoms with van der Waals surface area (Å²) in [5.41, 5.74) is 1.63. The number of hydrogen-bond acceptors (Lipinski definition) is 3. The lowest BCUT2D eigenvalue weighted by Gasteiger charge is -2.23. The van der Waals surface area contributed by atoms with Gasteiger partial charge in [-0.25, -0.2) is 0 Å². The van der Waals surface area contributed by atoms with Gasteiger partial charge in [-0.15, -0.1) is 0 Å². The van der Waals surface area contributed by atoms with Crippen LogP contribution in [0.3, 0.4) is 0 Å². The van der Waals surface area contributed by atoms with Crippen LogP contribution in [-0.4, -0.2) is 41.8 Å². The van der Waals surface area contributed by atoms with E-state index >= 15 is 0 Å². The lowest BCUT2D eigenvalue weighted by Crippen LogP contribution is -2.39. The van der Waals surface area contributed by atoms with Crippen LogP contribution in [0, 0.1) is 11.8 Å². The molecule has 2 fully saturated rings. The maximum absolute atomic E-state index is 12.8. The van der Waals surface area contributed by atoms with Gasteiger partial charge < -0.3 is 15.5 Å². The Balaban J connectivity index is 1.39. The van der Waals surface area contributed by atoms with Gasteiger partial charge in [0.25, 0.3) is 5.91 Å². The number of carbonyl (C=O) groups is 3. The summed E-state index contributed by atoms with van der Waals surface area (Å²) in [5.74, 6) is -0.356. The van der Waals surface area contributed by atoms with Crippen LogP contribution >= 0.6 is 0 Å². The Kier molecular flexibility index (Phi) is 5.60. The van der Waals surface area contributed by atoms with E-state index in [9.17, 15) is 14.4 Å². The molecule has 1 saturated heterocycles. The van der Waals surface area contributed by atoms with Gasteiger partial charge in [0.1, 0.15) is 0 Å². The van der Waals surface area contributed by atoms with Crippen LogP contribution in [0.4, 0.5) is 0 Å². The predicted molar refractivity (Wildman–Crippen MR) is 109 cm³/mol. The van der Waals surface area contributed by atoms with Gasteiger partial charge >= 0.3 is 0 Å².